The normalized spacial score (nSPS) is 9.78. The van der Waals surface area contributed by atoms with E-state index in [1.165, 1.54) is 12.1 Å². The predicted octanol–water partition coefficient (Wildman–Crippen LogP) is 3.42. The van der Waals surface area contributed by atoms with Crippen LogP contribution in [0.5, 0.6) is 0 Å². The van der Waals surface area contributed by atoms with Gasteiger partial charge in [0.05, 0.1) is 17.2 Å². The standard InChI is InChI=1S/C17H13BrN2O3/c1-11-7-14(18)5-6-15(11)20-16(21)10-23-17(22)13-4-2-3-12(8-13)9-19/h2-8H,10H2,1H3,(H,20,21). The van der Waals surface area contributed by atoms with E-state index in [4.69, 9.17) is 10.00 Å². The number of nitriles is 1. The second-order valence-corrected chi connectivity index (χ2v) is 5.69. The van der Waals surface area contributed by atoms with Gasteiger partial charge in [-0.25, -0.2) is 4.79 Å². The first kappa shape index (κ1) is 16.7. The van der Waals surface area contributed by atoms with Crippen LogP contribution in [0.25, 0.3) is 0 Å². The summed E-state index contributed by atoms with van der Waals surface area (Å²) < 4.78 is 5.87. The van der Waals surface area contributed by atoms with Crippen LogP contribution >= 0.6 is 15.9 Å². The first-order chi connectivity index (χ1) is 11.0. The molecule has 0 heterocycles. The molecule has 2 aromatic carbocycles. The molecule has 0 radical (unpaired) electrons. The maximum atomic E-state index is 11.9. The minimum Gasteiger partial charge on any atom is -0.452 e. The summed E-state index contributed by atoms with van der Waals surface area (Å²) in [5, 5.41) is 11.5. The lowest BCUT2D eigenvalue weighted by molar-refractivity contribution is -0.119. The molecule has 2 rings (SSSR count). The lowest BCUT2D eigenvalue weighted by Gasteiger charge is -2.09. The third kappa shape index (κ3) is 4.66. The summed E-state index contributed by atoms with van der Waals surface area (Å²) in [7, 11) is 0. The second-order valence-electron chi connectivity index (χ2n) is 4.78. The average Bonchev–Trinajstić information content (AvgIpc) is 2.55. The molecule has 1 amide bonds. The highest BCUT2D eigenvalue weighted by Crippen LogP contribution is 2.19. The summed E-state index contributed by atoms with van der Waals surface area (Å²) in [6.07, 6.45) is 0. The van der Waals surface area contributed by atoms with Crippen LogP contribution in [0, 0.1) is 18.3 Å². The number of halogens is 1. The van der Waals surface area contributed by atoms with Crippen LogP contribution in [0.2, 0.25) is 0 Å². The maximum absolute atomic E-state index is 11.9. The molecule has 0 unspecified atom stereocenters. The molecule has 2 aromatic rings. The molecule has 1 N–H and O–H groups in total. The average molecular weight is 373 g/mol. The Balaban J connectivity index is 1.93. The van der Waals surface area contributed by atoms with E-state index in [0.29, 0.717) is 11.3 Å². The van der Waals surface area contributed by atoms with Crippen LogP contribution in [0.4, 0.5) is 5.69 Å². The van der Waals surface area contributed by atoms with Crippen molar-refractivity contribution in [1.82, 2.24) is 0 Å². The van der Waals surface area contributed by atoms with Crippen LogP contribution in [0.15, 0.2) is 46.9 Å². The molecule has 0 bridgehead atoms. The molecular formula is C17H13BrN2O3. The van der Waals surface area contributed by atoms with Gasteiger partial charge in [0.2, 0.25) is 0 Å². The minimum atomic E-state index is -0.648. The van der Waals surface area contributed by atoms with Crippen LogP contribution in [0.1, 0.15) is 21.5 Å². The zero-order valence-corrected chi connectivity index (χ0v) is 13.9. The van der Waals surface area contributed by atoms with Crippen LogP contribution in [-0.2, 0) is 9.53 Å². The van der Waals surface area contributed by atoms with Gasteiger partial charge in [0.1, 0.15) is 0 Å². The largest absolute Gasteiger partial charge is 0.452 e. The van der Waals surface area contributed by atoms with Gasteiger partial charge in [-0.3, -0.25) is 4.79 Å². The molecular weight excluding hydrogens is 360 g/mol. The van der Waals surface area contributed by atoms with E-state index in [-0.39, 0.29) is 5.56 Å². The van der Waals surface area contributed by atoms with Gasteiger partial charge < -0.3 is 10.1 Å². The van der Waals surface area contributed by atoms with Crippen molar-refractivity contribution in [3.63, 3.8) is 0 Å². The first-order valence-electron chi connectivity index (χ1n) is 6.73. The van der Waals surface area contributed by atoms with E-state index in [2.05, 4.69) is 21.2 Å². The van der Waals surface area contributed by atoms with Gasteiger partial charge >= 0.3 is 5.97 Å². The number of ether oxygens (including phenoxy) is 1. The SMILES string of the molecule is Cc1cc(Br)ccc1NC(=O)COC(=O)c1cccc(C#N)c1. The number of anilines is 1. The number of amides is 1. The number of carbonyl (C=O) groups is 2. The van der Waals surface area contributed by atoms with Crippen molar-refractivity contribution in [3.8, 4) is 6.07 Å². The lowest BCUT2D eigenvalue weighted by Crippen LogP contribution is -2.21. The van der Waals surface area contributed by atoms with Gasteiger partial charge in [0.15, 0.2) is 6.61 Å². The van der Waals surface area contributed by atoms with Crippen molar-refractivity contribution in [2.24, 2.45) is 0 Å². The third-order valence-corrected chi connectivity index (χ3v) is 3.52. The van der Waals surface area contributed by atoms with Gasteiger partial charge in [-0.15, -0.1) is 0 Å². The van der Waals surface area contributed by atoms with Gasteiger partial charge in [-0.05, 0) is 48.9 Å². The summed E-state index contributed by atoms with van der Waals surface area (Å²) in [6.45, 7) is 1.46. The molecule has 0 aliphatic carbocycles. The fraction of sp³-hybridized carbons (Fsp3) is 0.118. The summed E-state index contributed by atoms with van der Waals surface area (Å²) in [5.74, 6) is -1.08. The molecule has 0 aromatic heterocycles. The summed E-state index contributed by atoms with van der Waals surface area (Å²) in [5.41, 5.74) is 2.13. The Morgan fingerprint density at radius 3 is 2.74 bits per heavy atom. The van der Waals surface area contributed by atoms with E-state index in [9.17, 15) is 9.59 Å². The van der Waals surface area contributed by atoms with Crippen LogP contribution in [0.3, 0.4) is 0 Å². The van der Waals surface area contributed by atoms with Gasteiger partial charge in [-0.1, -0.05) is 22.0 Å². The van der Waals surface area contributed by atoms with Crippen molar-refractivity contribution < 1.29 is 14.3 Å². The van der Waals surface area contributed by atoms with E-state index in [1.54, 1.807) is 18.2 Å². The topological polar surface area (TPSA) is 79.2 Å². The number of benzene rings is 2. The number of nitrogens with one attached hydrogen (secondary N) is 1. The van der Waals surface area contributed by atoms with Crippen molar-refractivity contribution >= 4 is 33.5 Å². The molecule has 0 fully saturated rings. The number of nitrogens with zero attached hydrogens (tertiary/aromatic N) is 1. The fourth-order valence-corrected chi connectivity index (χ4v) is 2.36. The van der Waals surface area contributed by atoms with Crippen molar-refractivity contribution in [1.29, 1.82) is 5.26 Å². The Labute approximate surface area is 142 Å². The smallest absolute Gasteiger partial charge is 0.338 e. The summed E-state index contributed by atoms with van der Waals surface area (Å²) in [4.78, 5) is 23.7. The molecule has 0 atom stereocenters. The van der Waals surface area contributed by atoms with Gasteiger partial charge in [0.25, 0.3) is 5.91 Å². The van der Waals surface area contributed by atoms with Crippen molar-refractivity contribution in [3.05, 3.63) is 63.6 Å². The van der Waals surface area contributed by atoms with E-state index < -0.39 is 18.5 Å². The first-order valence-corrected chi connectivity index (χ1v) is 7.52. The molecule has 116 valence electrons. The van der Waals surface area contributed by atoms with E-state index in [0.717, 1.165) is 10.0 Å². The molecule has 5 nitrogen and oxygen atoms in total. The van der Waals surface area contributed by atoms with E-state index in [1.807, 2.05) is 25.1 Å². The summed E-state index contributed by atoms with van der Waals surface area (Å²) >= 11 is 3.34. The van der Waals surface area contributed by atoms with Crippen LogP contribution < -0.4 is 5.32 Å². The molecule has 0 aliphatic rings. The second kappa shape index (κ2) is 7.56. The van der Waals surface area contributed by atoms with Crippen molar-refractivity contribution in [2.45, 2.75) is 6.92 Å². The molecule has 0 saturated heterocycles. The molecule has 0 aliphatic heterocycles. The van der Waals surface area contributed by atoms with Gasteiger partial charge in [0, 0.05) is 10.2 Å². The molecule has 23 heavy (non-hydrogen) atoms. The minimum absolute atomic E-state index is 0.233. The Morgan fingerprint density at radius 2 is 2.04 bits per heavy atom. The van der Waals surface area contributed by atoms with E-state index >= 15 is 0 Å². The maximum Gasteiger partial charge on any atom is 0.338 e. The quantitative estimate of drug-likeness (QED) is 0.833. The highest BCUT2D eigenvalue weighted by molar-refractivity contribution is 9.10. The Kier molecular flexibility index (Phi) is 5.50. The molecule has 0 saturated carbocycles. The zero-order valence-electron chi connectivity index (χ0n) is 12.3. The van der Waals surface area contributed by atoms with Crippen molar-refractivity contribution in [2.75, 3.05) is 11.9 Å². The number of rotatable bonds is 4. The molecule has 0 spiro atoms. The predicted molar refractivity (Wildman–Crippen MR) is 88.9 cm³/mol. The Bertz CT molecular complexity index is 797. The number of aryl methyl sites for hydroxylation is 1. The molecule has 6 heteroatoms. The zero-order chi connectivity index (χ0) is 16.8. The highest BCUT2D eigenvalue weighted by atomic mass is 79.9. The third-order valence-electron chi connectivity index (χ3n) is 3.02. The number of carbonyl (C=O) groups excluding carboxylic acids is 2. The Morgan fingerprint density at radius 1 is 1.26 bits per heavy atom. The summed E-state index contributed by atoms with van der Waals surface area (Å²) in [6, 6.07) is 13.5. The Hall–Kier alpha value is -2.65. The number of hydrogen-bond donors (Lipinski definition) is 1. The van der Waals surface area contributed by atoms with Gasteiger partial charge in [-0.2, -0.15) is 5.26 Å². The number of esters is 1. The van der Waals surface area contributed by atoms with Crippen LogP contribution in [-0.4, -0.2) is 18.5 Å². The lowest BCUT2D eigenvalue weighted by atomic mass is 10.1. The fourth-order valence-electron chi connectivity index (χ4n) is 1.88. The number of hydrogen-bond acceptors (Lipinski definition) is 4. The monoisotopic (exact) mass is 372 g/mol. The highest BCUT2D eigenvalue weighted by Gasteiger charge is 2.11.